The molecule has 3 heterocycles. The van der Waals surface area contributed by atoms with Crippen LogP contribution in [0.25, 0.3) is 0 Å². The van der Waals surface area contributed by atoms with Crippen LogP contribution >= 0.6 is 0 Å². The van der Waals surface area contributed by atoms with Crippen molar-refractivity contribution in [2.45, 2.75) is 26.0 Å². The van der Waals surface area contributed by atoms with Crippen LogP contribution in [-0.4, -0.2) is 30.1 Å². The van der Waals surface area contributed by atoms with E-state index >= 15 is 0 Å². The fourth-order valence-corrected chi connectivity index (χ4v) is 3.44. The van der Waals surface area contributed by atoms with Crippen molar-refractivity contribution in [2.24, 2.45) is 5.92 Å². The van der Waals surface area contributed by atoms with Gasteiger partial charge in [-0.2, -0.15) is 0 Å². The third-order valence-corrected chi connectivity index (χ3v) is 4.75. The van der Waals surface area contributed by atoms with Crippen LogP contribution in [0.3, 0.4) is 0 Å². The molecule has 2 aromatic rings. The van der Waals surface area contributed by atoms with Gasteiger partial charge in [0.1, 0.15) is 13.2 Å². The molecule has 1 aromatic carbocycles. The molecule has 2 aliphatic rings. The van der Waals surface area contributed by atoms with Crippen LogP contribution in [0.15, 0.2) is 42.6 Å². The van der Waals surface area contributed by atoms with Crippen LogP contribution in [-0.2, 0) is 16.1 Å². The number of carbonyl (C=O) groups excluding carboxylic acids is 1. The summed E-state index contributed by atoms with van der Waals surface area (Å²) in [6, 6.07) is 11.9. The summed E-state index contributed by atoms with van der Waals surface area (Å²) < 4.78 is 11.4. The molecule has 24 heavy (non-hydrogen) atoms. The third-order valence-electron chi connectivity index (χ3n) is 4.75. The number of aryl methyl sites for hydroxylation is 1. The monoisotopic (exact) mass is 324 g/mol. The first-order valence-electron chi connectivity index (χ1n) is 8.28. The highest BCUT2D eigenvalue weighted by Crippen LogP contribution is 2.39. The Morgan fingerprint density at radius 2 is 2.17 bits per heavy atom. The molecule has 2 aliphatic heterocycles. The summed E-state index contributed by atoms with van der Waals surface area (Å²) in [5.41, 5.74) is 2.08. The Morgan fingerprint density at radius 1 is 1.33 bits per heavy atom. The van der Waals surface area contributed by atoms with Crippen LogP contribution < -0.4 is 9.64 Å². The van der Waals surface area contributed by atoms with E-state index in [0.29, 0.717) is 19.8 Å². The lowest BCUT2D eigenvalue weighted by atomic mass is 10.1. The van der Waals surface area contributed by atoms with E-state index in [1.54, 1.807) is 6.20 Å². The summed E-state index contributed by atoms with van der Waals surface area (Å²) >= 11 is 0. The number of esters is 1. The van der Waals surface area contributed by atoms with Gasteiger partial charge in [-0.15, -0.1) is 0 Å². The van der Waals surface area contributed by atoms with E-state index < -0.39 is 0 Å². The van der Waals surface area contributed by atoms with Gasteiger partial charge in [0.05, 0.1) is 12.0 Å². The molecule has 5 nitrogen and oxygen atoms in total. The number of ether oxygens (including phenoxy) is 2. The standard InChI is InChI=1S/C19H20N2O3/c1-13-7-8-20-18-17(13)23-12-16-9-15(10-21(16)18)19(22)24-11-14-5-3-2-4-6-14/h2-8,15-16H,9-12H2,1H3/t15?,16-/m0/s1. The topological polar surface area (TPSA) is 51.7 Å². The quantitative estimate of drug-likeness (QED) is 0.813. The van der Waals surface area contributed by atoms with Gasteiger partial charge in [0.2, 0.25) is 0 Å². The van der Waals surface area contributed by atoms with Gasteiger partial charge in [-0.05, 0) is 30.5 Å². The average molecular weight is 324 g/mol. The van der Waals surface area contributed by atoms with Crippen LogP contribution in [0.1, 0.15) is 17.5 Å². The Kier molecular flexibility index (Phi) is 3.84. The van der Waals surface area contributed by atoms with Crippen molar-refractivity contribution in [1.82, 2.24) is 4.98 Å². The lowest BCUT2D eigenvalue weighted by Crippen LogP contribution is -2.39. The second-order valence-corrected chi connectivity index (χ2v) is 6.42. The van der Waals surface area contributed by atoms with E-state index in [9.17, 15) is 4.79 Å². The Morgan fingerprint density at radius 3 is 3.00 bits per heavy atom. The molecule has 0 N–H and O–H groups in total. The summed E-state index contributed by atoms with van der Waals surface area (Å²) in [5.74, 6) is 1.43. The van der Waals surface area contributed by atoms with Crippen molar-refractivity contribution in [1.29, 1.82) is 0 Å². The number of rotatable bonds is 3. The molecular formula is C19H20N2O3. The highest BCUT2D eigenvalue weighted by Gasteiger charge is 2.41. The van der Waals surface area contributed by atoms with Crippen molar-refractivity contribution < 1.29 is 14.3 Å². The first-order chi connectivity index (χ1) is 11.7. The van der Waals surface area contributed by atoms with E-state index in [4.69, 9.17) is 9.47 Å². The molecule has 4 rings (SSSR count). The Hall–Kier alpha value is -2.56. The first kappa shape index (κ1) is 15.0. The van der Waals surface area contributed by atoms with Gasteiger partial charge < -0.3 is 14.4 Å². The zero-order valence-electron chi connectivity index (χ0n) is 13.6. The van der Waals surface area contributed by atoms with Crippen LogP contribution in [0.4, 0.5) is 5.82 Å². The minimum atomic E-state index is -0.137. The van der Waals surface area contributed by atoms with E-state index in [0.717, 1.165) is 29.1 Å². The molecule has 0 bridgehead atoms. The summed E-state index contributed by atoms with van der Waals surface area (Å²) in [6.45, 7) is 3.58. The minimum absolute atomic E-state index is 0.129. The molecule has 1 aromatic heterocycles. The summed E-state index contributed by atoms with van der Waals surface area (Å²) in [6.07, 6.45) is 2.55. The minimum Gasteiger partial charge on any atom is -0.487 e. The molecule has 0 amide bonds. The Labute approximate surface area is 141 Å². The summed E-state index contributed by atoms with van der Waals surface area (Å²) in [7, 11) is 0. The molecule has 124 valence electrons. The predicted molar refractivity (Wildman–Crippen MR) is 89.9 cm³/mol. The van der Waals surface area contributed by atoms with Gasteiger partial charge in [-0.25, -0.2) is 4.98 Å². The van der Waals surface area contributed by atoms with Crippen LogP contribution in [0.5, 0.6) is 5.75 Å². The number of hydrogen-bond acceptors (Lipinski definition) is 5. The van der Waals surface area contributed by atoms with E-state index in [-0.39, 0.29) is 17.9 Å². The SMILES string of the molecule is Cc1ccnc2c1OC[C@@H]1CC(C(=O)OCc3ccccc3)CN21. The molecule has 1 fully saturated rings. The molecular weight excluding hydrogens is 304 g/mol. The Bertz CT molecular complexity index is 748. The zero-order valence-corrected chi connectivity index (χ0v) is 13.6. The number of benzene rings is 1. The molecule has 0 radical (unpaired) electrons. The number of fused-ring (bicyclic) bond motifs is 3. The normalized spacial score (nSPS) is 21.6. The van der Waals surface area contributed by atoms with Crippen LogP contribution in [0, 0.1) is 12.8 Å². The van der Waals surface area contributed by atoms with Crippen molar-refractivity contribution in [3.63, 3.8) is 0 Å². The average Bonchev–Trinajstić information content (AvgIpc) is 3.06. The van der Waals surface area contributed by atoms with Gasteiger partial charge in [0.25, 0.3) is 0 Å². The van der Waals surface area contributed by atoms with Crippen molar-refractivity contribution >= 4 is 11.8 Å². The second-order valence-electron chi connectivity index (χ2n) is 6.42. The maximum atomic E-state index is 12.4. The number of carbonyl (C=O) groups is 1. The molecule has 0 saturated carbocycles. The number of anilines is 1. The fourth-order valence-electron chi connectivity index (χ4n) is 3.44. The van der Waals surface area contributed by atoms with Crippen molar-refractivity contribution in [3.05, 3.63) is 53.7 Å². The molecule has 0 spiro atoms. The number of nitrogens with zero attached hydrogens (tertiary/aromatic N) is 2. The van der Waals surface area contributed by atoms with Gasteiger partial charge in [-0.1, -0.05) is 30.3 Å². The predicted octanol–water partition coefficient (Wildman–Crippen LogP) is 2.72. The van der Waals surface area contributed by atoms with Crippen LogP contribution in [0.2, 0.25) is 0 Å². The smallest absolute Gasteiger partial charge is 0.311 e. The zero-order chi connectivity index (χ0) is 16.5. The number of aromatic nitrogens is 1. The Balaban J connectivity index is 1.44. The maximum Gasteiger partial charge on any atom is 0.311 e. The lowest BCUT2D eigenvalue weighted by Gasteiger charge is -2.32. The number of pyridine rings is 1. The van der Waals surface area contributed by atoms with Gasteiger partial charge in [0, 0.05) is 12.7 Å². The molecule has 0 aliphatic carbocycles. The lowest BCUT2D eigenvalue weighted by molar-refractivity contribution is -0.149. The van der Waals surface area contributed by atoms with Gasteiger partial charge >= 0.3 is 5.97 Å². The number of hydrogen-bond donors (Lipinski definition) is 0. The third kappa shape index (κ3) is 2.70. The van der Waals surface area contributed by atoms with E-state index in [2.05, 4.69) is 9.88 Å². The summed E-state index contributed by atoms with van der Waals surface area (Å²) in [4.78, 5) is 19.1. The molecule has 2 atom stereocenters. The fraction of sp³-hybridized carbons (Fsp3) is 0.368. The van der Waals surface area contributed by atoms with Crippen molar-refractivity contribution in [3.8, 4) is 5.75 Å². The van der Waals surface area contributed by atoms with E-state index in [1.165, 1.54) is 0 Å². The second kappa shape index (κ2) is 6.15. The van der Waals surface area contributed by atoms with Gasteiger partial charge in [0.15, 0.2) is 11.6 Å². The highest BCUT2D eigenvalue weighted by atomic mass is 16.5. The summed E-state index contributed by atoms with van der Waals surface area (Å²) in [5, 5.41) is 0. The maximum absolute atomic E-state index is 12.4. The molecule has 5 heteroatoms. The highest BCUT2D eigenvalue weighted by molar-refractivity contribution is 5.75. The van der Waals surface area contributed by atoms with Crippen molar-refractivity contribution in [2.75, 3.05) is 18.1 Å². The van der Waals surface area contributed by atoms with E-state index in [1.807, 2.05) is 43.3 Å². The first-order valence-corrected chi connectivity index (χ1v) is 8.28. The van der Waals surface area contributed by atoms with Gasteiger partial charge in [-0.3, -0.25) is 4.79 Å². The largest absolute Gasteiger partial charge is 0.487 e. The molecule has 1 saturated heterocycles. The molecule has 1 unspecified atom stereocenters.